The molecule has 34 heavy (non-hydrogen) atoms. The first-order chi connectivity index (χ1) is 16.7. The van der Waals surface area contributed by atoms with Crippen LogP contribution in [0.4, 0.5) is 17.2 Å². The van der Waals surface area contributed by atoms with E-state index >= 15 is 0 Å². The van der Waals surface area contributed by atoms with E-state index in [2.05, 4.69) is 31.6 Å². The molecule has 0 spiro atoms. The van der Waals surface area contributed by atoms with Gasteiger partial charge in [-0.3, -0.25) is 9.78 Å². The molecule has 0 aliphatic carbocycles. The third-order valence-corrected chi connectivity index (χ3v) is 7.10. The largest absolute Gasteiger partial charge is 0.374 e. The van der Waals surface area contributed by atoms with E-state index in [-0.39, 0.29) is 5.91 Å². The molecule has 7 rings (SSSR count). The highest BCUT2D eigenvalue weighted by atomic mass is 16.5. The quantitative estimate of drug-likeness (QED) is 0.490. The molecular weight excluding hydrogens is 430 g/mol. The molecule has 0 saturated carbocycles. The number of hydrogen-bond acceptors (Lipinski definition) is 7. The molecular formula is C25H23N7O2. The molecule has 3 aliphatic rings. The highest BCUT2D eigenvalue weighted by Crippen LogP contribution is 2.36. The molecule has 9 nitrogen and oxygen atoms in total. The minimum absolute atomic E-state index is 0.107. The number of aromatic nitrogens is 4. The number of rotatable bonds is 4. The lowest BCUT2D eigenvalue weighted by molar-refractivity contribution is 0.0966. The van der Waals surface area contributed by atoms with Crippen molar-refractivity contribution in [3.8, 4) is 11.3 Å². The number of aryl methyl sites for hydroxylation is 1. The van der Waals surface area contributed by atoms with E-state index in [1.54, 1.807) is 12.4 Å². The average molecular weight is 454 g/mol. The summed E-state index contributed by atoms with van der Waals surface area (Å²) < 4.78 is 7.68. The second kappa shape index (κ2) is 7.26. The van der Waals surface area contributed by atoms with Crippen LogP contribution in [-0.4, -0.2) is 50.7 Å². The number of nitrogens with zero attached hydrogens (tertiary/aromatic N) is 5. The Hall–Kier alpha value is -3.98. The molecule has 2 fully saturated rings. The van der Waals surface area contributed by atoms with Crippen LogP contribution in [-0.2, 0) is 18.3 Å². The number of pyridine rings is 3. The summed E-state index contributed by atoms with van der Waals surface area (Å²) in [6, 6.07) is 8.45. The van der Waals surface area contributed by atoms with E-state index in [1.807, 2.05) is 42.2 Å². The van der Waals surface area contributed by atoms with E-state index in [4.69, 9.17) is 9.72 Å². The van der Waals surface area contributed by atoms with Crippen LogP contribution in [0.2, 0.25) is 0 Å². The second-order valence-corrected chi connectivity index (χ2v) is 9.10. The fraction of sp³-hybridized carbons (Fsp3) is 0.280. The monoisotopic (exact) mass is 453 g/mol. The first kappa shape index (κ1) is 19.5. The average Bonchev–Trinajstić information content (AvgIpc) is 3.65. The zero-order valence-corrected chi connectivity index (χ0v) is 18.7. The van der Waals surface area contributed by atoms with E-state index in [0.29, 0.717) is 35.8 Å². The maximum absolute atomic E-state index is 12.8. The maximum Gasteiger partial charge on any atom is 0.254 e. The number of morpholine rings is 1. The van der Waals surface area contributed by atoms with Gasteiger partial charge in [-0.15, -0.1) is 0 Å². The molecule has 2 saturated heterocycles. The summed E-state index contributed by atoms with van der Waals surface area (Å²) in [7, 11) is 1.97. The van der Waals surface area contributed by atoms with Gasteiger partial charge in [-0.2, -0.15) is 0 Å². The van der Waals surface area contributed by atoms with Gasteiger partial charge in [0.15, 0.2) is 0 Å². The van der Waals surface area contributed by atoms with E-state index in [0.717, 1.165) is 53.1 Å². The van der Waals surface area contributed by atoms with Gasteiger partial charge in [-0.05, 0) is 30.7 Å². The van der Waals surface area contributed by atoms with Crippen LogP contribution in [0.25, 0.3) is 22.3 Å². The van der Waals surface area contributed by atoms with Crippen LogP contribution in [0.15, 0.2) is 49.1 Å². The molecule has 0 aromatic carbocycles. The van der Waals surface area contributed by atoms with Gasteiger partial charge in [-0.1, -0.05) is 0 Å². The molecule has 0 unspecified atom stereocenters. The van der Waals surface area contributed by atoms with Gasteiger partial charge in [0.2, 0.25) is 0 Å². The number of fused-ring (bicyclic) bond motifs is 4. The molecule has 170 valence electrons. The van der Waals surface area contributed by atoms with Gasteiger partial charge >= 0.3 is 0 Å². The SMILES string of the molecule is Cn1ccc2c(-c3ncc(Nc4ccc(N5C[C@@H]6C[C@H]5CO6)cn4)c4c3CNC4=O)ccnc21. The first-order valence-corrected chi connectivity index (χ1v) is 11.5. The molecule has 2 bridgehead atoms. The molecule has 9 heteroatoms. The lowest BCUT2D eigenvalue weighted by Gasteiger charge is -2.28. The number of carbonyl (C=O) groups excluding carboxylic acids is 1. The van der Waals surface area contributed by atoms with Gasteiger partial charge < -0.3 is 24.8 Å². The zero-order valence-electron chi connectivity index (χ0n) is 18.7. The maximum atomic E-state index is 12.8. The van der Waals surface area contributed by atoms with Crippen molar-refractivity contribution in [3.05, 3.63) is 60.2 Å². The Bertz CT molecular complexity index is 1450. The van der Waals surface area contributed by atoms with Crippen molar-refractivity contribution in [2.45, 2.75) is 25.1 Å². The van der Waals surface area contributed by atoms with E-state index < -0.39 is 0 Å². The van der Waals surface area contributed by atoms with Gasteiger partial charge in [0.1, 0.15) is 11.5 Å². The molecule has 7 heterocycles. The minimum Gasteiger partial charge on any atom is -0.374 e. The van der Waals surface area contributed by atoms with Crippen LogP contribution < -0.4 is 15.5 Å². The fourth-order valence-corrected chi connectivity index (χ4v) is 5.42. The Balaban J connectivity index is 1.22. The van der Waals surface area contributed by atoms with Crippen LogP contribution in [0.1, 0.15) is 22.3 Å². The number of amides is 1. The van der Waals surface area contributed by atoms with Crippen LogP contribution in [0, 0.1) is 0 Å². The highest BCUT2D eigenvalue weighted by molar-refractivity contribution is 6.06. The molecule has 0 radical (unpaired) electrons. The zero-order chi connectivity index (χ0) is 22.8. The fourth-order valence-electron chi connectivity index (χ4n) is 5.42. The van der Waals surface area contributed by atoms with Crippen LogP contribution in [0.5, 0.6) is 0 Å². The summed E-state index contributed by atoms with van der Waals surface area (Å²) in [6.07, 6.45) is 8.80. The lowest BCUT2D eigenvalue weighted by Crippen LogP contribution is -2.36. The van der Waals surface area contributed by atoms with Gasteiger partial charge in [0.05, 0.1) is 53.8 Å². The molecule has 3 aliphatic heterocycles. The predicted molar refractivity (Wildman–Crippen MR) is 128 cm³/mol. The third kappa shape index (κ3) is 2.90. The number of hydrogen-bond donors (Lipinski definition) is 2. The Labute approximate surface area is 195 Å². The Morgan fingerprint density at radius 3 is 2.88 bits per heavy atom. The van der Waals surface area contributed by atoms with Crippen molar-refractivity contribution in [1.29, 1.82) is 0 Å². The summed E-state index contributed by atoms with van der Waals surface area (Å²) in [5, 5.41) is 7.28. The van der Waals surface area contributed by atoms with Crippen molar-refractivity contribution >= 4 is 34.1 Å². The molecule has 4 aromatic rings. The smallest absolute Gasteiger partial charge is 0.254 e. The van der Waals surface area contributed by atoms with E-state index in [9.17, 15) is 4.79 Å². The minimum atomic E-state index is -0.107. The van der Waals surface area contributed by atoms with E-state index in [1.165, 1.54) is 0 Å². The summed E-state index contributed by atoms with van der Waals surface area (Å²) >= 11 is 0. The summed E-state index contributed by atoms with van der Waals surface area (Å²) in [5.74, 6) is 0.569. The van der Waals surface area contributed by atoms with Crippen LogP contribution in [0.3, 0.4) is 0 Å². The second-order valence-electron chi connectivity index (χ2n) is 9.10. The summed E-state index contributed by atoms with van der Waals surface area (Å²) in [4.78, 5) is 29.0. The summed E-state index contributed by atoms with van der Waals surface area (Å²) in [5.41, 5.74) is 5.91. The number of anilines is 3. The number of carbonyl (C=O) groups is 1. The topological polar surface area (TPSA) is 97.2 Å². The van der Waals surface area contributed by atoms with Crippen molar-refractivity contribution in [1.82, 2.24) is 24.8 Å². The highest BCUT2D eigenvalue weighted by Gasteiger charge is 2.39. The number of nitrogens with one attached hydrogen (secondary N) is 2. The third-order valence-electron chi connectivity index (χ3n) is 7.10. The van der Waals surface area contributed by atoms with Gasteiger partial charge in [0.25, 0.3) is 5.91 Å². The van der Waals surface area contributed by atoms with Crippen molar-refractivity contribution in [2.24, 2.45) is 7.05 Å². The number of ether oxygens (including phenoxy) is 1. The Morgan fingerprint density at radius 1 is 1.15 bits per heavy atom. The Morgan fingerprint density at radius 2 is 2.09 bits per heavy atom. The Kier molecular flexibility index (Phi) is 4.16. The van der Waals surface area contributed by atoms with Crippen LogP contribution >= 0.6 is 0 Å². The molecule has 2 N–H and O–H groups in total. The standard InChI is InChI=1S/C25H23N7O2/c1-31-7-5-18-17(4-6-26-24(18)31)23-19-10-29-25(33)22(19)20(11-28-23)30-21-3-2-14(9-27-21)32-12-16-8-15(32)13-34-16/h2-7,9,11,15-16H,8,10,12-13H2,1H3,(H,27,30)(H,29,33)/t15-,16-/m0/s1. The molecule has 1 amide bonds. The van der Waals surface area contributed by atoms with Crippen molar-refractivity contribution < 1.29 is 9.53 Å². The van der Waals surface area contributed by atoms with Crippen molar-refractivity contribution in [3.63, 3.8) is 0 Å². The van der Waals surface area contributed by atoms with Crippen molar-refractivity contribution in [2.75, 3.05) is 23.4 Å². The molecule has 4 aromatic heterocycles. The normalized spacial score (nSPS) is 20.7. The predicted octanol–water partition coefficient (Wildman–Crippen LogP) is 2.99. The summed E-state index contributed by atoms with van der Waals surface area (Å²) in [6.45, 7) is 2.15. The van der Waals surface area contributed by atoms with Gasteiger partial charge in [0, 0.05) is 49.0 Å². The molecule has 2 atom stereocenters. The lowest BCUT2D eigenvalue weighted by atomic mass is 10.0. The van der Waals surface area contributed by atoms with Gasteiger partial charge in [-0.25, -0.2) is 9.97 Å². The first-order valence-electron chi connectivity index (χ1n) is 11.5.